The van der Waals surface area contributed by atoms with Gasteiger partial charge in [-0.3, -0.25) is 10.2 Å². The van der Waals surface area contributed by atoms with E-state index in [2.05, 4.69) is 31.4 Å². The van der Waals surface area contributed by atoms with Crippen molar-refractivity contribution in [1.82, 2.24) is 5.43 Å². The van der Waals surface area contributed by atoms with Crippen molar-refractivity contribution in [1.29, 1.82) is 0 Å². The van der Waals surface area contributed by atoms with E-state index in [0.29, 0.717) is 18.8 Å². The van der Waals surface area contributed by atoms with Crippen molar-refractivity contribution >= 4 is 5.91 Å². The zero-order valence-electron chi connectivity index (χ0n) is 11.3. The van der Waals surface area contributed by atoms with Gasteiger partial charge >= 0.3 is 0 Å². The molecule has 0 saturated carbocycles. The van der Waals surface area contributed by atoms with E-state index in [0.717, 1.165) is 5.75 Å². The molecule has 4 heteroatoms. The summed E-state index contributed by atoms with van der Waals surface area (Å²) in [4.78, 5) is 11.0. The Morgan fingerprint density at radius 1 is 1.28 bits per heavy atom. The number of hydrazine groups is 1. The van der Waals surface area contributed by atoms with Crippen molar-refractivity contribution in [3.05, 3.63) is 29.8 Å². The van der Waals surface area contributed by atoms with Crippen LogP contribution in [0.3, 0.4) is 0 Å². The third-order valence-electron chi connectivity index (χ3n) is 2.82. The Labute approximate surface area is 108 Å². The molecule has 0 radical (unpaired) electrons. The number of ether oxygens (including phenoxy) is 1. The lowest BCUT2D eigenvalue weighted by atomic mass is 10.0. The Morgan fingerprint density at radius 2 is 1.89 bits per heavy atom. The number of amides is 1. The minimum absolute atomic E-state index is 0.00722. The van der Waals surface area contributed by atoms with Gasteiger partial charge < -0.3 is 4.74 Å². The van der Waals surface area contributed by atoms with Gasteiger partial charge in [-0.2, -0.15) is 0 Å². The molecular formula is C14H22N2O2. The molecule has 0 spiro atoms. The number of hydrogen-bond donors (Lipinski definition) is 2. The average molecular weight is 250 g/mol. The molecule has 1 aromatic rings. The molecule has 18 heavy (non-hydrogen) atoms. The van der Waals surface area contributed by atoms with E-state index in [-0.39, 0.29) is 12.0 Å². The normalized spacial score (nSPS) is 12.3. The third-order valence-corrected chi connectivity index (χ3v) is 2.82. The summed E-state index contributed by atoms with van der Waals surface area (Å²) in [7, 11) is 0. The SMILES string of the molecule is CC(CCC(=O)NN)Oc1ccc(C(C)C)cc1. The molecule has 0 heterocycles. The van der Waals surface area contributed by atoms with Crippen LogP contribution in [0.4, 0.5) is 0 Å². The Balaban J connectivity index is 2.44. The molecule has 0 fully saturated rings. The van der Waals surface area contributed by atoms with Gasteiger partial charge in [-0.25, -0.2) is 5.84 Å². The van der Waals surface area contributed by atoms with Crippen LogP contribution >= 0.6 is 0 Å². The second-order valence-corrected chi connectivity index (χ2v) is 4.76. The van der Waals surface area contributed by atoms with E-state index >= 15 is 0 Å². The van der Waals surface area contributed by atoms with E-state index in [1.165, 1.54) is 5.56 Å². The molecule has 1 unspecified atom stereocenters. The predicted molar refractivity (Wildman–Crippen MR) is 72.2 cm³/mol. The molecule has 3 N–H and O–H groups in total. The first-order valence-corrected chi connectivity index (χ1v) is 6.29. The van der Waals surface area contributed by atoms with Crippen molar-refractivity contribution in [3.63, 3.8) is 0 Å². The first-order chi connectivity index (χ1) is 8.52. The van der Waals surface area contributed by atoms with Gasteiger partial charge in [-0.1, -0.05) is 26.0 Å². The van der Waals surface area contributed by atoms with Crippen LogP contribution in [0.15, 0.2) is 24.3 Å². The molecule has 0 aromatic heterocycles. The predicted octanol–water partition coefficient (Wildman–Crippen LogP) is 2.35. The highest BCUT2D eigenvalue weighted by Crippen LogP contribution is 2.20. The molecule has 0 saturated heterocycles. The van der Waals surface area contributed by atoms with Gasteiger partial charge in [0.15, 0.2) is 0 Å². The molecule has 1 amide bonds. The number of rotatable bonds is 6. The molecule has 0 bridgehead atoms. The Kier molecular flexibility index (Phi) is 5.65. The number of benzene rings is 1. The molecular weight excluding hydrogens is 228 g/mol. The minimum Gasteiger partial charge on any atom is -0.491 e. The zero-order valence-corrected chi connectivity index (χ0v) is 11.3. The molecule has 0 aliphatic carbocycles. The molecule has 0 aliphatic heterocycles. The maximum atomic E-state index is 11.0. The molecule has 4 nitrogen and oxygen atoms in total. The van der Waals surface area contributed by atoms with Crippen LogP contribution in [0.5, 0.6) is 5.75 Å². The lowest BCUT2D eigenvalue weighted by Gasteiger charge is -2.15. The summed E-state index contributed by atoms with van der Waals surface area (Å²) in [5.74, 6) is 6.20. The first-order valence-electron chi connectivity index (χ1n) is 6.29. The quantitative estimate of drug-likeness (QED) is 0.463. The van der Waals surface area contributed by atoms with Crippen LogP contribution in [-0.4, -0.2) is 12.0 Å². The second kappa shape index (κ2) is 7.01. The van der Waals surface area contributed by atoms with Gasteiger partial charge in [0.2, 0.25) is 5.91 Å². The van der Waals surface area contributed by atoms with Crippen LogP contribution in [0.2, 0.25) is 0 Å². The molecule has 1 aromatic carbocycles. The lowest BCUT2D eigenvalue weighted by Crippen LogP contribution is -2.30. The highest BCUT2D eigenvalue weighted by atomic mass is 16.5. The Morgan fingerprint density at radius 3 is 2.39 bits per heavy atom. The number of hydrogen-bond acceptors (Lipinski definition) is 3. The van der Waals surface area contributed by atoms with Crippen molar-refractivity contribution in [3.8, 4) is 5.75 Å². The fourth-order valence-electron chi connectivity index (χ4n) is 1.63. The van der Waals surface area contributed by atoms with Crippen molar-refractivity contribution in [2.45, 2.75) is 45.6 Å². The standard InChI is InChI=1S/C14H22N2O2/c1-10(2)12-5-7-13(8-6-12)18-11(3)4-9-14(17)16-15/h5-8,10-11H,4,9,15H2,1-3H3,(H,16,17). The van der Waals surface area contributed by atoms with Crippen molar-refractivity contribution in [2.75, 3.05) is 0 Å². The topological polar surface area (TPSA) is 64.4 Å². The molecule has 100 valence electrons. The van der Waals surface area contributed by atoms with E-state index in [9.17, 15) is 4.79 Å². The van der Waals surface area contributed by atoms with Crippen LogP contribution in [0, 0.1) is 0 Å². The first kappa shape index (κ1) is 14.5. The summed E-state index contributed by atoms with van der Waals surface area (Å²) in [6, 6.07) is 8.07. The molecule has 1 atom stereocenters. The van der Waals surface area contributed by atoms with Crippen molar-refractivity contribution < 1.29 is 9.53 Å². The highest BCUT2D eigenvalue weighted by molar-refractivity contribution is 5.75. The largest absolute Gasteiger partial charge is 0.491 e. The van der Waals surface area contributed by atoms with E-state index < -0.39 is 0 Å². The lowest BCUT2D eigenvalue weighted by molar-refractivity contribution is -0.121. The van der Waals surface area contributed by atoms with Gasteiger partial charge in [0.25, 0.3) is 0 Å². The second-order valence-electron chi connectivity index (χ2n) is 4.76. The number of nitrogens with one attached hydrogen (secondary N) is 1. The number of carbonyl (C=O) groups excluding carboxylic acids is 1. The minimum atomic E-state index is -0.166. The number of nitrogens with two attached hydrogens (primary N) is 1. The van der Waals surface area contributed by atoms with Crippen LogP contribution in [0.1, 0.15) is 45.1 Å². The van der Waals surface area contributed by atoms with Crippen LogP contribution in [-0.2, 0) is 4.79 Å². The summed E-state index contributed by atoms with van der Waals surface area (Å²) < 4.78 is 5.72. The summed E-state index contributed by atoms with van der Waals surface area (Å²) in [6.07, 6.45) is 1.02. The maximum Gasteiger partial charge on any atom is 0.234 e. The molecule has 0 aliphatic rings. The molecule has 1 rings (SSSR count). The van der Waals surface area contributed by atoms with Crippen molar-refractivity contribution in [2.24, 2.45) is 5.84 Å². The smallest absolute Gasteiger partial charge is 0.234 e. The van der Waals surface area contributed by atoms with Crippen LogP contribution < -0.4 is 16.0 Å². The summed E-state index contributed by atoms with van der Waals surface area (Å²) in [6.45, 7) is 6.26. The van der Waals surface area contributed by atoms with Gasteiger partial charge in [0, 0.05) is 6.42 Å². The Hall–Kier alpha value is -1.55. The summed E-state index contributed by atoms with van der Waals surface area (Å²) in [5, 5.41) is 0. The average Bonchev–Trinajstić information content (AvgIpc) is 2.36. The van der Waals surface area contributed by atoms with E-state index in [1.807, 2.05) is 19.1 Å². The monoisotopic (exact) mass is 250 g/mol. The van der Waals surface area contributed by atoms with Gasteiger partial charge in [0.05, 0.1) is 6.10 Å². The maximum absolute atomic E-state index is 11.0. The van der Waals surface area contributed by atoms with Gasteiger partial charge in [-0.15, -0.1) is 0 Å². The van der Waals surface area contributed by atoms with Crippen LogP contribution in [0.25, 0.3) is 0 Å². The van der Waals surface area contributed by atoms with Gasteiger partial charge in [0.1, 0.15) is 5.75 Å². The summed E-state index contributed by atoms with van der Waals surface area (Å²) >= 11 is 0. The number of carbonyl (C=O) groups is 1. The third kappa shape index (κ3) is 4.75. The highest BCUT2D eigenvalue weighted by Gasteiger charge is 2.07. The Bertz CT molecular complexity index is 374. The fourth-order valence-corrected chi connectivity index (χ4v) is 1.63. The van der Waals surface area contributed by atoms with E-state index in [4.69, 9.17) is 10.6 Å². The zero-order chi connectivity index (χ0) is 13.5. The van der Waals surface area contributed by atoms with E-state index in [1.54, 1.807) is 0 Å². The fraction of sp³-hybridized carbons (Fsp3) is 0.500. The van der Waals surface area contributed by atoms with Gasteiger partial charge in [-0.05, 0) is 37.0 Å². The summed E-state index contributed by atoms with van der Waals surface area (Å²) in [5.41, 5.74) is 3.40.